The summed E-state index contributed by atoms with van der Waals surface area (Å²) in [6.07, 6.45) is 2.83. The van der Waals surface area contributed by atoms with Crippen molar-refractivity contribution in [2.45, 2.75) is 39.2 Å². The van der Waals surface area contributed by atoms with Crippen LogP contribution in [0.25, 0.3) is 10.8 Å². The number of fused-ring (bicyclic) bond motifs is 1. The van der Waals surface area contributed by atoms with Crippen LogP contribution in [0.3, 0.4) is 0 Å². The molecule has 2 aromatic rings. The third-order valence-electron chi connectivity index (χ3n) is 4.94. The van der Waals surface area contributed by atoms with Crippen LogP contribution in [0.2, 0.25) is 0 Å². The highest BCUT2D eigenvalue weighted by Crippen LogP contribution is 2.49. The summed E-state index contributed by atoms with van der Waals surface area (Å²) in [5.41, 5.74) is 1.01. The molecule has 3 rings (SSSR count). The SMILES string of the molecule is CC1(C)CCCC1C(O)c1ccc(F)c2ccccc12. The molecule has 0 heterocycles. The van der Waals surface area contributed by atoms with Crippen molar-refractivity contribution < 1.29 is 9.50 Å². The standard InChI is InChI=1S/C18H21FO/c1-18(2)11-5-8-15(18)17(20)14-9-10-16(19)13-7-4-3-6-12(13)14/h3-4,6-7,9-10,15,17,20H,5,8,11H2,1-2H3. The molecule has 0 aromatic heterocycles. The molecule has 1 nitrogen and oxygen atoms in total. The lowest BCUT2D eigenvalue weighted by atomic mass is 9.76. The summed E-state index contributed by atoms with van der Waals surface area (Å²) >= 11 is 0. The second kappa shape index (κ2) is 4.85. The first-order chi connectivity index (χ1) is 9.50. The maximum atomic E-state index is 13.9. The monoisotopic (exact) mass is 272 g/mol. The molecule has 1 fully saturated rings. The van der Waals surface area contributed by atoms with Crippen molar-refractivity contribution in [1.82, 2.24) is 0 Å². The minimum absolute atomic E-state index is 0.148. The predicted molar refractivity (Wildman–Crippen MR) is 80.0 cm³/mol. The van der Waals surface area contributed by atoms with Crippen LogP contribution in [0.1, 0.15) is 44.8 Å². The summed E-state index contributed by atoms with van der Waals surface area (Å²) in [6, 6.07) is 10.6. The third kappa shape index (κ3) is 2.12. The molecule has 2 unspecified atom stereocenters. The smallest absolute Gasteiger partial charge is 0.131 e. The first-order valence-corrected chi connectivity index (χ1v) is 7.36. The molecule has 2 heteroatoms. The second-order valence-corrected chi connectivity index (χ2v) is 6.61. The van der Waals surface area contributed by atoms with Crippen molar-refractivity contribution in [2.24, 2.45) is 11.3 Å². The van der Waals surface area contributed by atoms with E-state index in [1.165, 1.54) is 6.07 Å². The maximum absolute atomic E-state index is 13.9. The van der Waals surface area contributed by atoms with Gasteiger partial charge in [-0.05, 0) is 41.2 Å². The van der Waals surface area contributed by atoms with Gasteiger partial charge in [-0.2, -0.15) is 0 Å². The molecule has 0 aliphatic heterocycles. The molecule has 0 bridgehead atoms. The lowest BCUT2D eigenvalue weighted by molar-refractivity contribution is 0.0542. The van der Waals surface area contributed by atoms with E-state index in [0.717, 1.165) is 30.2 Å². The van der Waals surface area contributed by atoms with Gasteiger partial charge in [0, 0.05) is 5.39 Å². The molecular weight excluding hydrogens is 251 g/mol. The highest BCUT2D eigenvalue weighted by molar-refractivity contribution is 5.86. The lowest BCUT2D eigenvalue weighted by Crippen LogP contribution is -2.24. The number of aliphatic hydroxyl groups excluding tert-OH is 1. The van der Waals surface area contributed by atoms with E-state index in [4.69, 9.17) is 0 Å². The first-order valence-electron chi connectivity index (χ1n) is 7.36. The van der Waals surface area contributed by atoms with Gasteiger partial charge in [0.05, 0.1) is 6.10 Å². The highest BCUT2D eigenvalue weighted by Gasteiger charge is 2.39. The van der Waals surface area contributed by atoms with Crippen LogP contribution in [-0.2, 0) is 0 Å². The van der Waals surface area contributed by atoms with E-state index >= 15 is 0 Å². The molecule has 1 N–H and O–H groups in total. The zero-order chi connectivity index (χ0) is 14.3. The van der Waals surface area contributed by atoms with Crippen molar-refractivity contribution in [1.29, 1.82) is 0 Å². The molecular formula is C18H21FO. The number of aliphatic hydroxyl groups is 1. The van der Waals surface area contributed by atoms with E-state index in [-0.39, 0.29) is 17.2 Å². The number of benzene rings is 2. The van der Waals surface area contributed by atoms with Crippen molar-refractivity contribution in [3.8, 4) is 0 Å². The molecule has 0 amide bonds. The van der Waals surface area contributed by atoms with Gasteiger partial charge < -0.3 is 5.11 Å². The summed E-state index contributed by atoms with van der Waals surface area (Å²) in [5, 5.41) is 12.3. The molecule has 2 atom stereocenters. The summed E-state index contributed by atoms with van der Waals surface area (Å²) in [6.45, 7) is 4.44. The molecule has 20 heavy (non-hydrogen) atoms. The first kappa shape index (κ1) is 13.6. The molecule has 0 spiro atoms. The van der Waals surface area contributed by atoms with E-state index in [9.17, 15) is 9.50 Å². The molecule has 0 radical (unpaired) electrons. The molecule has 0 saturated heterocycles. The largest absolute Gasteiger partial charge is 0.388 e. The van der Waals surface area contributed by atoms with E-state index in [0.29, 0.717) is 5.39 Å². The minimum Gasteiger partial charge on any atom is -0.388 e. The Hall–Kier alpha value is -1.41. The molecule has 1 aliphatic carbocycles. The summed E-state index contributed by atoms with van der Waals surface area (Å²) in [7, 11) is 0. The highest BCUT2D eigenvalue weighted by atomic mass is 19.1. The number of hydrogen-bond acceptors (Lipinski definition) is 1. The number of hydrogen-bond donors (Lipinski definition) is 1. The Bertz CT molecular complexity index is 632. The van der Waals surface area contributed by atoms with Crippen LogP contribution in [0.4, 0.5) is 4.39 Å². The van der Waals surface area contributed by atoms with Crippen LogP contribution < -0.4 is 0 Å². The van der Waals surface area contributed by atoms with Crippen LogP contribution in [0.15, 0.2) is 36.4 Å². The molecule has 106 valence electrons. The second-order valence-electron chi connectivity index (χ2n) is 6.61. The van der Waals surface area contributed by atoms with E-state index in [2.05, 4.69) is 13.8 Å². The molecule has 1 aliphatic rings. The average molecular weight is 272 g/mol. The minimum atomic E-state index is -0.516. The van der Waals surface area contributed by atoms with Gasteiger partial charge in [0.15, 0.2) is 0 Å². The van der Waals surface area contributed by atoms with Crippen molar-refractivity contribution in [2.75, 3.05) is 0 Å². The Morgan fingerprint density at radius 1 is 1.15 bits per heavy atom. The topological polar surface area (TPSA) is 20.2 Å². The number of rotatable bonds is 2. The average Bonchev–Trinajstić information content (AvgIpc) is 2.78. The molecule has 1 saturated carbocycles. The quantitative estimate of drug-likeness (QED) is 0.829. The Morgan fingerprint density at radius 2 is 1.85 bits per heavy atom. The van der Waals surface area contributed by atoms with Gasteiger partial charge >= 0.3 is 0 Å². The van der Waals surface area contributed by atoms with Gasteiger partial charge in [0.25, 0.3) is 0 Å². The van der Waals surface area contributed by atoms with Crippen LogP contribution >= 0.6 is 0 Å². The summed E-state index contributed by atoms with van der Waals surface area (Å²) < 4.78 is 13.9. The molecule has 2 aromatic carbocycles. The van der Waals surface area contributed by atoms with Gasteiger partial charge in [-0.25, -0.2) is 4.39 Å². The third-order valence-corrected chi connectivity index (χ3v) is 4.94. The Kier molecular flexibility index (Phi) is 3.29. The van der Waals surface area contributed by atoms with E-state index in [1.54, 1.807) is 12.1 Å². The van der Waals surface area contributed by atoms with Crippen molar-refractivity contribution >= 4 is 10.8 Å². The number of halogens is 1. The fraction of sp³-hybridized carbons (Fsp3) is 0.444. The Labute approximate surface area is 119 Å². The van der Waals surface area contributed by atoms with E-state index in [1.807, 2.05) is 18.2 Å². The fourth-order valence-electron chi connectivity index (χ4n) is 3.70. The predicted octanol–water partition coefficient (Wildman–Crippen LogP) is 4.84. The van der Waals surface area contributed by atoms with Gasteiger partial charge in [-0.15, -0.1) is 0 Å². The van der Waals surface area contributed by atoms with Gasteiger partial charge in [0.2, 0.25) is 0 Å². The van der Waals surface area contributed by atoms with Gasteiger partial charge in [-0.3, -0.25) is 0 Å². The lowest BCUT2D eigenvalue weighted by Gasteiger charge is -2.32. The zero-order valence-electron chi connectivity index (χ0n) is 12.1. The van der Waals surface area contributed by atoms with Crippen LogP contribution in [0, 0.1) is 17.2 Å². The fourth-order valence-corrected chi connectivity index (χ4v) is 3.70. The summed E-state index contributed by atoms with van der Waals surface area (Å²) in [4.78, 5) is 0. The maximum Gasteiger partial charge on any atom is 0.131 e. The van der Waals surface area contributed by atoms with Gasteiger partial charge in [-0.1, -0.05) is 50.6 Å². The van der Waals surface area contributed by atoms with Gasteiger partial charge in [0.1, 0.15) is 5.82 Å². The summed E-state index contributed by atoms with van der Waals surface area (Å²) in [5.74, 6) is 0.0265. The van der Waals surface area contributed by atoms with Crippen LogP contribution in [-0.4, -0.2) is 5.11 Å². The Balaban J connectivity index is 2.08. The normalized spacial score (nSPS) is 23.1. The zero-order valence-corrected chi connectivity index (χ0v) is 12.1. The van der Waals surface area contributed by atoms with Crippen molar-refractivity contribution in [3.05, 3.63) is 47.8 Å². The van der Waals surface area contributed by atoms with Crippen LogP contribution in [0.5, 0.6) is 0 Å². The van der Waals surface area contributed by atoms with Crippen molar-refractivity contribution in [3.63, 3.8) is 0 Å². The Morgan fingerprint density at radius 3 is 2.50 bits per heavy atom. The van der Waals surface area contributed by atoms with E-state index < -0.39 is 6.10 Å².